The zero-order chi connectivity index (χ0) is 10.5. The Balaban J connectivity index is 4.08. The van der Waals surface area contributed by atoms with Crippen LogP contribution >= 0.6 is 0 Å². The van der Waals surface area contributed by atoms with Gasteiger partial charge in [-0.2, -0.15) is 0 Å². The van der Waals surface area contributed by atoms with Crippen LogP contribution in [0, 0.1) is 11.8 Å². The van der Waals surface area contributed by atoms with Crippen molar-refractivity contribution in [1.29, 1.82) is 0 Å². The molecule has 0 N–H and O–H groups in total. The Morgan fingerprint density at radius 1 is 1.38 bits per heavy atom. The van der Waals surface area contributed by atoms with Crippen molar-refractivity contribution in [2.45, 2.75) is 46.2 Å². The van der Waals surface area contributed by atoms with E-state index in [1.54, 1.807) is 14.0 Å². The van der Waals surface area contributed by atoms with Gasteiger partial charge in [-0.15, -0.1) is 0 Å². The van der Waals surface area contributed by atoms with Crippen LogP contribution in [0.2, 0.25) is 0 Å². The van der Waals surface area contributed by atoms with E-state index in [0.717, 1.165) is 0 Å². The number of hydrogen-bond acceptors (Lipinski definition) is 1. The Kier molecular flexibility index (Phi) is 5.54. The molecule has 0 aliphatic heterocycles. The van der Waals surface area contributed by atoms with Crippen LogP contribution < -0.4 is 0 Å². The fourth-order valence-corrected chi connectivity index (χ4v) is 1.39. The van der Waals surface area contributed by atoms with Crippen molar-refractivity contribution >= 4 is 0 Å². The van der Waals surface area contributed by atoms with Crippen molar-refractivity contribution in [3.63, 3.8) is 0 Å². The maximum absolute atomic E-state index is 13.7. The monoisotopic (exact) mass is 190 g/mol. The van der Waals surface area contributed by atoms with E-state index in [2.05, 4.69) is 13.8 Å². The molecule has 80 valence electrons. The van der Waals surface area contributed by atoms with Gasteiger partial charge < -0.3 is 4.74 Å². The number of ether oxygens (including phenoxy) is 1. The second kappa shape index (κ2) is 5.58. The number of hydrogen-bond donors (Lipinski definition) is 0. The van der Waals surface area contributed by atoms with E-state index in [1.165, 1.54) is 0 Å². The van der Waals surface area contributed by atoms with Crippen molar-refractivity contribution in [2.75, 3.05) is 13.7 Å². The molecule has 1 nitrogen and oxygen atoms in total. The third kappa shape index (κ3) is 5.25. The Labute approximate surface area is 81.7 Å². The summed E-state index contributed by atoms with van der Waals surface area (Å²) < 4.78 is 18.8. The summed E-state index contributed by atoms with van der Waals surface area (Å²) in [6, 6.07) is 0. The third-order valence-electron chi connectivity index (χ3n) is 2.75. The summed E-state index contributed by atoms with van der Waals surface area (Å²) in [5.74, 6) is 0.821. The molecule has 13 heavy (non-hydrogen) atoms. The van der Waals surface area contributed by atoms with Gasteiger partial charge in [0.2, 0.25) is 0 Å². The summed E-state index contributed by atoms with van der Waals surface area (Å²) in [5.41, 5.74) is -1.03. The van der Waals surface area contributed by atoms with Crippen LogP contribution in [0.15, 0.2) is 0 Å². The maximum Gasteiger partial charge on any atom is 0.108 e. The molecular formula is C11H23FO. The molecule has 0 saturated carbocycles. The summed E-state index contributed by atoms with van der Waals surface area (Å²) >= 11 is 0. The molecular weight excluding hydrogens is 167 g/mol. The minimum Gasteiger partial charge on any atom is -0.384 e. The van der Waals surface area contributed by atoms with E-state index in [-0.39, 0.29) is 0 Å². The molecule has 0 radical (unpaired) electrons. The van der Waals surface area contributed by atoms with Gasteiger partial charge >= 0.3 is 0 Å². The largest absolute Gasteiger partial charge is 0.384 e. The molecule has 0 fully saturated rings. The number of rotatable bonds is 6. The highest BCUT2D eigenvalue weighted by Crippen LogP contribution is 2.28. The van der Waals surface area contributed by atoms with Crippen LogP contribution in [0.5, 0.6) is 0 Å². The average molecular weight is 190 g/mol. The van der Waals surface area contributed by atoms with Crippen LogP contribution in [0.3, 0.4) is 0 Å². The second-order valence-electron chi connectivity index (χ2n) is 4.43. The lowest BCUT2D eigenvalue weighted by Crippen LogP contribution is -2.27. The highest BCUT2D eigenvalue weighted by atomic mass is 19.1. The van der Waals surface area contributed by atoms with Crippen LogP contribution in [-0.2, 0) is 4.74 Å². The second-order valence-corrected chi connectivity index (χ2v) is 4.43. The molecule has 2 heteroatoms. The van der Waals surface area contributed by atoms with Gasteiger partial charge in [-0.3, -0.25) is 0 Å². The summed E-state index contributed by atoms with van der Waals surface area (Å²) in [5, 5.41) is 0. The lowest BCUT2D eigenvalue weighted by atomic mass is 9.85. The predicted octanol–water partition coefficient (Wildman–Crippen LogP) is 3.43. The fraction of sp³-hybridized carbons (Fsp3) is 1.00. The van der Waals surface area contributed by atoms with Gasteiger partial charge in [0.1, 0.15) is 5.67 Å². The molecule has 0 heterocycles. The van der Waals surface area contributed by atoms with Crippen LogP contribution in [0.1, 0.15) is 40.5 Å². The molecule has 2 atom stereocenters. The third-order valence-corrected chi connectivity index (χ3v) is 2.75. The number of methoxy groups -OCH3 is 1. The Hall–Kier alpha value is -0.110. The van der Waals surface area contributed by atoms with E-state index in [1.807, 2.05) is 6.92 Å². The molecule has 0 aromatic carbocycles. The normalized spacial score (nSPS) is 18.7. The van der Waals surface area contributed by atoms with Crippen molar-refractivity contribution in [1.82, 2.24) is 0 Å². The topological polar surface area (TPSA) is 9.23 Å². The lowest BCUT2D eigenvalue weighted by molar-refractivity contribution is 0.0674. The van der Waals surface area contributed by atoms with Gasteiger partial charge in [0, 0.05) is 13.7 Å². The van der Waals surface area contributed by atoms with Gasteiger partial charge in [0.25, 0.3) is 0 Å². The van der Waals surface area contributed by atoms with Crippen molar-refractivity contribution in [3.05, 3.63) is 0 Å². The first-order valence-electron chi connectivity index (χ1n) is 5.10. The summed E-state index contributed by atoms with van der Waals surface area (Å²) in [6.07, 6.45) is 1.19. The van der Waals surface area contributed by atoms with E-state index in [4.69, 9.17) is 4.74 Å². The minimum absolute atomic E-state index is 0.333. The van der Waals surface area contributed by atoms with Gasteiger partial charge in [0.15, 0.2) is 0 Å². The molecule has 0 aliphatic rings. The van der Waals surface area contributed by atoms with Gasteiger partial charge in [-0.25, -0.2) is 4.39 Å². The molecule has 0 aliphatic carbocycles. The Bertz CT molecular complexity index is 132. The molecule has 0 unspecified atom stereocenters. The smallest absolute Gasteiger partial charge is 0.108 e. The first-order chi connectivity index (χ1) is 5.93. The first-order valence-corrected chi connectivity index (χ1v) is 5.10. The van der Waals surface area contributed by atoms with Crippen LogP contribution in [0.4, 0.5) is 4.39 Å². The van der Waals surface area contributed by atoms with E-state index in [9.17, 15) is 4.39 Å². The molecule has 0 spiro atoms. The Morgan fingerprint density at radius 3 is 2.23 bits per heavy atom. The highest BCUT2D eigenvalue weighted by molar-refractivity contribution is 4.77. The van der Waals surface area contributed by atoms with Crippen molar-refractivity contribution in [2.24, 2.45) is 11.8 Å². The van der Waals surface area contributed by atoms with E-state index >= 15 is 0 Å². The minimum atomic E-state index is -1.03. The number of alkyl halides is 1. The molecule has 0 amide bonds. The summed E-state index contributed by atoms with van der Waals surface area (Å²) in [7, 11) is 1.68. The SMILES string of the molecule is CC[C@](C)(F)C[C@@H](COC)C(C)C. The summed E-state index contributed by atoms with van der Waals surface area (Å²) in [6.45, 7) is 8.48. The fourth-order valence-electron chi connectivity index (χ4n) is 1.39. The van der Waals surface area contributed by atoms with Gasteiger partial charge in [-0.1, -0.05) is 20.8 Å². The van der Waals surface area contributed by atoms with Gasteiger partial charge in [-0.05, 0) is 31.6 Å². The van der Waals surface area contributed by atoms with Crippen molar-refractivity contribution in [3.8, 4) is 0 Å². The highest BCUT2D eigenvalue weighted by Gasteiger charge is 2.27. The average Bonchev–Trinajstić information content (AvgIpc) is 2.03. The van der Waals surface area contributed by atoms with Crippen LogP contribution in [0.25, 0.3) is 0 Å². The molecule has 0 saturated heterocycles. The lowest BCUT2D eigenvalue weighted by Gasteiger charge is -2.27. The molecule has 0 rings (SSSR count). The maximum atomic E-state index is 13.7. The molecule has 0 aromatic heterocycles. The standard InChI is InChI=1S/C11H23FO/c1-6-11(4,12)7-10(8-13-5)9(2)3/h9-10H,6-8H2,1-5H3/t10-,11-/m0/s1. The zero-order valence-corrected chi connectivity index (χ0v) is 9.56. The number of halogens is 1. The first kappa shape index (κ1) is 12.9. The quantitative estimate of drug-likeness (QED) is 0.623. The predicted molar refractivity (Wildman–Crippen MR) is 54.6 cm³/mol. The van der Waals surface area contributed by atoms with E-state index < -0.39 is 5.67 Å². The molecule has 0 bridgehead atoms. The van der Waals surface area contributed by atoms with Crippen molar-refractivity contribution < 1.29 is 9.13 Å². The zero-order valence-electron chi connectivity index (χ0n) is 9.56. The Morgan fingerprint density at radius 2 is 1.92 bits per heavy atom. The summed E-state index contributed by atoms with van der Waals surface area (Å²) in [4.78, 5) is 0. The van der Waals surface area contributed by atoms with Gasteiger partial charge in [0.05, 0.1) is 0 Å². The molecule has 0 aromatic rings. The van der Waals surface area contributed by atoms with Crippen LogP contribution in [-0.4, -0.2) is 19.4 Å². The van der Waals surface area contributed by atoms with E-state index in [0.29, 0.717) is 31.3 Å².